The molecule has 0 spiro atoms. The second kappa shape index (κ2) is 4.00. The van der Waals surface area contributed by atoms with Crippen LogP contribution < -0.4 is 0 Å². The number of aliphatic carboxylic acids is 1. The van der Waals surface area contributed by atoms with E-state index in [1.807, 2.05) is 4.90 Å². The normalized spacial score (nSPS) is 36.7. The summed E-state index contributed by atoms with van der Waals surface area (Å²) >= 11 is 0. The third-order valence-electron chi connectivity index (χ3n) is 4.45. The minimum atomic E-state index is -0.651. The monoisotopic (exact) mass is 237 g/mol. The van der Waals surface area contributed by atoms with Gasteiger partial charge in [0.1, 0.15) is 0 Å². The molecule has 2 atom stereocenters. The number of hydrogen-bond acceptors (Lipinski definition) is 2. The van der Waals surface area contributed by atoms with Crippen LogP contribution >= 0.6 is 0 Å². The van der Waals surface area contributed by atoms with Gasteiger partial charge in [-0.1, -0.05) is 0 Å². The molecule has 2 aliphatic carbocycles. The molecule has 0 aromatic rings. The van der Waals surface area contributed by atoms with Crippen molar-refractivity contribution in [3.63, 3.8) is 0 Å². The van der Waals surface area contributed by atoms with Crippen LogP contribution in [0.5, 0.6) is 0 Å². The highest BCUT2D eigenvalue weighted by Crippen LogP contribution is 2.40. The highest BCUT2D eigenvalue weighted by atomic mass is 16.4. The molecular weight excluding hydrogens is 218 g/mol. The molecule has 1 N–H and O–H groups in total. The lowest BCUT2D eigenvalue weighted by Gasteiger charge is -2.43. The van der Waals surface area contributed by atoms with Gasteiger partial charge >= 0.3 is 5.97 Å². The summed E-state index contributed by atoms with van der Waals surface area (Å²) in [5, 5.41) is 9.09. The van der Waals surface area contributed by atoms with Crippen molar-refractivity contribution in [2.45, 2.75) is 32.1 Å². The van der Waals surface area contributed by atoms with Gasteiger partial charge in [0.2, 0.25) is 5.91 Å². The lowest BCUT2D eigenvalue weighted by molar-refractivity contribution is -0.146. The van der Waals surface area contributed by atoms with Crippen LogP contribution in [0.4, 0.5) is 0 Å². The number of carbonyl (C=O) groups is 2. The fourth-order valence-electron chi connectivity index (χ4n) is 3.53. The summed E-state index contributed by atoms with van der Waals surface area (Å²) in [5.41, 5.74) is 0. The number of amides is 1. The Morgan fingerprint density at radius 1 is 0.941 bits per heavy atom. The van der Waals surface area contributed by atoms with E-state index in [1.165, 1.54) is 0 Å². The van der Waals surface area contributed by atoms with Crippen LogP contribution in [0.25, 0.3) is 0 Å². The molecule has 4 nitrogen and oxygen atoms in total. The van der Waals surface area contributed by atoms with Crippen molar-refractivity contribution in [3.05, 3.63) is 0 Å². The van der Waals surface area contributed by atoms with Crippen LogP contribution in [0.2, 0.25) is 0 Å². The molecule has 1 amide bonds. The number of nitrogens with zero attached hydrogens (tertiary/aromatic N) is 1. The second-order valence-corrected chi connectivity index (χ2v) is 5.99. The molecule has 2 saturated carbocycles. The van der Waals surface area contributed by atoms with Gasteiger partial charge in [0, 0.05) is 19.0 Å². The number of carboxylic acid groups (broad SMARTS) is 1. The Labute approximate surface area is 101 Å². The maximum absolute atomic E-state index is 12.0. The number of likely N-dealkylation sites (tertiary alicyclic amines) is 1. The summed E-state index contributed by atoms with van der Waals surface area (Å²) in [6.45, 7) is 1.60. The molecular formula is C13H19NO3. The van der Waals surface area contributed by atoms with Gasteiger partial charge in [0.15, 0.2) is 0 Å². The van der Waals surface area contributed by atoms with Gasteiger partial charge in [-0.25, -0.2) is 0 Å². The van der Waals surface area contributed by atoms with Crippen LogP contribution in [-0.2, 0) is 9.59 Å². The second-order valence-electron chi connectivity index (χ2n) is 5.99. The molecule has 2 bridgehead atoms. The van der Waals surface area contributed by atoms with Crippen molar-refractivity contribution in [1.82, 2.24) is 4.90 Å². The van der Waals surface area contributed by atoms with Crippen molar-refractivity contribution in [1.29, 1.82) is 0 Å². The van der Waals surface area contributed by atoms with Crippen LogP contribution in [0.1, 0.15) is 32.1 Å². The van der Waals surface area contributed by atoms with Gasteiger partial charge in [-0.3, -0.25) is 9.59 Å². The smallest absolute Gasteiger partial charge is 0.306 e. The number of piperidine rings is 1. The molecule has 1 heterocycles. The molecule has 3 aliphatic rings. The van der Waals surface area contributed by atoms with Crippen molar-refractivity contribution in [2.75, 3.05) is 13.1 Å². The maximum Gasteiger partial charge on any atom is 0.306 e. The fourth-order valence-corrected chi connectivity index (χ4v) is 3.53. The topological polar surface area (TPSA) is 57.6 Å². The van der Waals surface area contributed by atoms with E-state index in [2.05, 4.69) is 0 Å². The highest BCUT2D eigenvalue weighted by Gasteiger charge is 2.42. The molecule has 1 aliphatic heterocycles. The Balaban J connectivity index is 1.65. The van der Waals surface area contributed by atoms with Gasteiger partial charge < -0.3 is 10.0 Å². The number of rotatable bonds is 2. The summed E-state index contributed by atoms with van der Waals surface area (Å²) in [7, 11) is 0. The summed E-state index contributed by atoms with van der Waals surface area (Å²) < 4.78 is 0. The van der Waals surface area contributed by atoms with Gasteiger partial charge in [0.25, 0.3) is 0 Å². The minimum Gasteiger partial charge on any atom is -0.481 e. The highest BCUT2D eigenvalue weighted by molar-refractivity contribution is 5.81. The lowest BCUT2D eigenvalue weighted by Crippen LogP contribution is -2.48. The van der Waals surface area contributed by atoms with Crippen LogP contribution in [-0.4, -0.2) is 35.0 Å². The van der Waals surface area contributed by atoms with Crippen molar-refractivity contribution in [3.8, 4) is 0 Å². The average molecular weight is 237 g/mol. The maximum atomic E-state index is 12.0. The predicted molar refractivity (Wildman–Crippen MR) is 61.3 cm³/mol. The summed E-state index contributed by atoms with van der Waals surface area (Å²) in [5.74, 6) is 0.647. The SMILES string of the molecule is O=C(O)C1CC2CC(C1)CN(C(=O)C1CC1)C2. The molecule has 17 heavy (non-hydrogen) atoms. The fraction of sp³-hybridized carbons (Fsp3) is 0.846. The molecule has 0 radical (unpaired) electrons. The van der Waals surface area contributed by atoms with Crippen molar-refractivity contribution >= 4 is 11.9 Å². The Kier molecular flexibility index (Phi) is 2.60. The van der Waals surface area contributed by atoms with E-state index in [4.69, 9.17) is 5.11 Å². The van der Waals surface area contributed by atoms with Crippen LogP contribution in [0.3, 0.4) is 0 Å². The molecule has 3 rings (SSSR count). The van der Waals surface area contributed by atoms with E-state index in [9.17, 15) is 9.59 Å². The minimum absolute atomic E-state index is 0.170. The van der Waals surface area contributed by atoms with E-state index >= 15 is 0 Å². The van der Waals surface area contributed by atoms with Crippen molar-refractivity contribution in [2.24, 2.45) is 23.7 Å². The Morgan fingerprint density at radius 2 is 1.53 bits per heavy atom. The zero-order valence-electron chi connectivity index (χ0n) is 9.97. The quantitative estimate of drug-likeness (QED) is 0.788. The van der Waals surface area contributed by atoms with E-state index in [0.29, 0.717) is 23.7 Å². The number of hydrogen-bond donors (Lipinski definition) is 1. The van der Waals surface area contributed by atoms with E-state index in [1.54, 1.807) is 0 Å². The summed E-state index contributed by atoms with van der Waals surface area (Å²) in [4.78, 5) is 25.1. The Bertz CT molecular complexity index is 337. The van der Waals surface area contributed by atoms with E-state index < -0.39 is 5.97 Å². The van der Waals surface area contributed by atoms with Gasteiger partial charge in [0.05, 0.1) is 5.92 Å². The average Bonchev–Trinajstić information content (AvgIpc) is 3.10. The first-order valence-corrected chi connectivity index (χ1v) is 6.65. The molecule has 94 valence electrons. The molecule has 2 unspecified atom stereocenters. The van der Waals surface area contributed by atoms with E-state index in [0.717, 1.165) is 45.2 Å². The number of carbonyl (C=O) groups excluding carboxylic acids is 1. The molecule has 0 aromatic carbocycles. The van der Waals surface area contributed by atoms with E-state index in [-0.39, 0.29) is 5.92 Å². The Hall–Kier alpha value is -1.06. The van der Waals surface area contributed by atoms with Gasteiger partial charge in [-0.15, -0.1) is 0 Å². The van der Waals surface area contributed by atoms with Crippen molar-refractivity contribution < 1.29 is 14.7 Å². The summed E-state index contributed by atoms with van der Waals surface area (Å²) in [6, 6.07) is 0. The third-order valence-corrected chi connectivity index (χ3v) is 4.45. The lowest BCUT2D eigenvalue weighted by atomic mass is 9.72. The first-order chi connectivity index (χ1) is 8.13. The molecule has 3 fully saturated rings. The van der Waals surface area contributed by atoms with Gasteiger partial charge in [-0.05, 0) is 43.9 Å². The predicted octanol–water partition coefficient (Wildman–Crippen LogP) is 1.36. The number of carboxylic acids is 1. The van der Waals surface area contributed by atoms with Crippen LogP contribution in [0.15, 0.2) is 0 Å². The number of fused-ring (bicyclic) bond motifs is 2. The zero-order chi connectivity index (χ0) is 12.0. The van der Waals surface area contributed by atoms with Gasteiger partial charge in [-0.2, -0.15) is 0 Å². The largest absolute Gasteiger partial charge is 0.481 e. The zero-order valence-corrected chi connectivity index (χ0v) is 9.97. The summed E-state index contributed by atoms with van der Waals surface area (Å²) in [6.07, 6.45) is 4.77. The third kappa shape index (κ3) is 2.17. The molecule has 1 saturated heterocycles. The Morgan fingerprint density at radius 3 is 2.00 bits per heavy atom. The molecule has 4 heteroatoms. The first-order valence-electron chi connectivity index (χ1n) is 6.65. The van der Waals surface area contributed by atoms with Crippen LogP contribution in [0, 0.1) is 23.7 Å². The standard InChI is InChI=1S/C13H19NO3/c15-12(10-1-2-10)14-6-8-3-9(7-14)5-11(4-8)13(16)17/h8-11H,1-7H2,(H,16,17). The molecule has 0 aromatic heterocycles. The first kappa shape index (κ1) is 11.1.